The monoisotopic (exact) mass is 248 g/mol. The van der Waals surface area contributed by atoms with Crippen molar-refractivity contribution < 1.29 is 9.53 Å². The van der Waals surface area contributed by atoms with Crippen molar-refractivity contribution in [3.8, 4) is 0 Å². The lowest BCUT2D eigenvalue weighted by Gasteiger charge is -2.43. The zero-order valence-electron chi connectivity index (χ0n) is 10.9. The smallest absolute Gasteiger partial charge is 0.236 e. The molecule has 1 fully saturated rings. The molecule has 1 aliphatic rings. The number of hydrogen-bond acceptors (Lipinski definition) is 3. The van der Waals surface area contributed by atoms with E-state index in [1.807, 2.05) is 49.1 Å². The normalized spacial score (nSPS) is 28.2. The third-order valence-electron chi connectivity index (χ3n) is 3.46. The van der Waals surface area contributed by atoms with E-state index in [2.05, 4.69) is 0 Å². The summed E-state index contributed by atoms with van der Waals surface area (Å²) in [6, 6.07) is 10.1. The van der Waals surface area contributed by atoms with Crippen molar-refractivity contribution in [3.05, 3.63) is 35.9 Å². The first-order valence-corrected chi connectivity index (χ1v) is 6.33. The van der Waals surface area contributed by atoms with Gasteiger partial charge in [0.05, 0.1) is 25.2 Å². The highest BCUT2D eigenvalue weighted by Gasteiger charge is 2.36. The SMILES string of the molecule is C[C@@H]1CO[C@@H](c2ccccc2)[C@@H](C)N1C(=O)CN. The van der Waals surface area contributed by atoms with Crippen LogP contribution < -0.4 is 5.73 Å². The Kier molecular flexibility index (Phi) is 3.99. The molecule has 0 unspecified atom stereocenters. The van der Waals surface area contributed by atoms with Crippen LogP contribution in [0.15, 0.2) is 30.3 Å². The molecule has 98 valence electrons. The highest BCUT2D eigenvalue weighted by Crippen LogP contribution is 2.30. The first-order chi connectivity index (χ1) is 8.65. The third kappa shape index (κ3) is 2.40. The second kappa shape index (κ2) is 5.50. The second-order valence-corrected chi connectivity index (χ2v) is 4.76. The van der Waals surface area contributed by atoms with Crippen LogP contribution in [0, 0.1) is 0 Å². The van der Waals surface area contributed by atoms with Gasteiger partial charge in [0, 0.05) is 0 Å². The predicted molar refractivity (Wildman–Crippen MR) is 70.0 cm³/mol. The summed E-state index contributed by atoms with van der Waals surface area (Å²) in [5.74, 6) is -0.0146. The second-order valence-electron chi connectivity index (χ2n) is 4.76. The van der Waals surface area contributed by atoms with Crippen LogP contribution in [0.4, 0.5) is 0 Å². The Morgan fingerprint density at radius 1 is 1.39 bits per heavy atom. The molecule has 2 rings (SSSR count). The zero-order chi connectivity index (χ0) is 13.1. The molecular formula is C14H20N2O2. The van der Waals surface area contributed by atoms with Gasteiger partial charge in [0.1, 0.15) is 6.10 Å². The van der Waals surface area contributed by atoms with Crippen LogP contribution in [0.5, 0.6) is 0 Å². The Balaban J connectivity index is 2.22. The van der Waals surface area contributed by atoms with Gasteiger partial charge in [-0.3, -0.25) is 4.79 Å². The molecule has 3 atom stereocenters. The first-order valence-electron chi connectivity index (χ1n) is 6.33. The average Bonchev–Trinajstić information content (AvgIpc) is 2.39. The van der Waals surface area contributed by atoms with Gasteiger partial charge in [-0.15, -0.1) is 0 Å². The molecule has 1 amide bonds. The van der Waals surface area contributed by atoms with Gasteiger partial charge in [0.15, 0.2) is 0 Å². The Bertz CT molecular complexity index is 408. The Morgan fingerprint density at radius 3 is 2.67 bits per heavy atom. The van der Waals surface area contributed by atoms with Gasteiger partial charge in [-0.05, 0) is 19.4 Å². The largest absolute Gasteiger partial charge is 0.369 e. The number of morpholine rings is 1. The molecule has 1 heterocycles. The van der Waals surface area contributed by atoms with E-state index in [0.717, 1.165) is 5.56 Å². The fraction of sp³-hybridized carbons (Fsp3) is 0.500. The summed E-state index contributed by atoms with van der Waals surface area (Å²) in [5.41, 5.74) is 6.58. The lowest BCUT2D eigenvalue weighted by molar-refractivity contribution is -0.151. The summed E-state index contributed by atoms with van der Waals surface area (Å²) in [5, 5.41) is 0. The van der Waals surface area contributed by atoms with E-state index in [1.165, 1.54) is 0 Å². The fourth-order valence-corrected chi connectivity index (χ4v) is 2.61. The number of benzene rings is 1. The molecule has 0 spiro atoms. The Morgan fingerprint density at radius 2 is 2.06 bits per heavy atom. The van der Waals surface area contributed by atoms with Gasteiger partial charge >= 0.3 is 0 Å². The number of amides is 1. The van der Waals surface area contributed by atoms with Crippen LogP contribution in [0.1, 0.15) is 25.5 Å². The minimum atomic E-state index is -0.0714. The van der Waals surface area contributed by atoms with E-state index in [-0.39, 0.29) is 30.6 Å². The van der Waals surface area contributed by atoms with Gasteiger partial charge in [-0.25, -0.2) is 0 Å². The molecule has 0 bridgehead atoms. The molecule has 1 aromatic rings. The molecular weight excluding hydrogens is 228 g/mol. The van der Waals surface area contributed by atoms with Crippen molar-refractivity contribution in [1.82, 2.24) is 4.90 Å². The summed E-state index contributed by atoms with van der Waals surface area (Å²) in [6.07, 6.45) is -0.0714. The quantitative estimate of drug-likeness (QED) is 0.859. The highest BCUT2D eigenvalue weighted by atomic mass is 16.5. The number of hydrogen-bond donors (Lipinski definition) is 1. The van der Waals surface area contributed by atoms with Gasteiger partial charge in [0.25, 0.3) is 0 Å². The van der Waals surface area contributed by atoms with Crippen molar-refractivity contribution in [1.29, 1.82) is 0 Å². The molecule has 0 saturated carbocycles. The number of nitrogens with two attached hydrogens (primary N) is 1. The number of ether oxygens (including phenoxy) is 1. The number of rotatable bonds is 2. The topological polar surface area (TPSA) is 55.6 Å². The average molecular weight is 248 g/mol. The molecule has 0 aliphatic carbocycles. The minimum Gasteiger partial charge on any atom is -0.369 e. The van der Waals surface area contributed by atoms with Crippen LogP contribution in [0.2, 0.25) is 0 Å². The van der Waals surface area contributed by atoms with Gasteiger partial charge in [-0.2, -0.15) is 0 Å². The van der Waals surface area contributed by atoms with Crippen LogP contribution >= 0.6 is 0 Å². The Labute approximate surface area is 108 Å². The molecule has 1 aliphatic heterocycles. The number of nitrogens with zero attached hydrogens (tertiary/aromatic N) is 1. The molecule has 1 aromatic carbocycles. The standard InChI is InChI=1S/C14H20N2O2/c1-10-9-18-14(12-6-4-3-5-7-12)11(2)16(10)13(17)8-15/h3-7,10-11,14H,8-9,15H2,1-2H3/t10-,11-,14-/m1/s1. The van der Waals surface area contributed by atoms with Crippen LogP contribution in [0.25, 0.3) is 0 Å². The maximum atomic E-state index is 11.9. The van der Waals surface area contributed by atoms with Crippen molar-refractivity contribution in [2.45, 2.75) is 32.0 Å². The zero-order valence-corrected chi connectivity index (χ0v) is 10.9. The minimum absolute atomic E-state index is 0.00667. The third-order valence-corrected chi connectivity index (χ3v) is 3.46. The van der Waals surface area contributed by atoms with Crippen LogP contribution in [-0.2, 0) is 9.53 Å². The van der Waals surface area contributed by atoms with Gasteiger partial charge in [-0.1, -0.05) is 30.3 Å². The fourth-order valence-electron chi connectivity index (χ4n) is 2.61. The van der Waals surface area contributed by atoms with E-state index in [4.69, 9.17) is 10.5 Å². The van der Waals surface area contributed by atoms with Crippen molar-refractivity contribution in [2.75, 3.05) is 13.2 Å². The maximum Gasteiger partial charge on any atom is 0.236 e. The maximum absolute atomic E-state index is 11.9. The lowest BCUT2D eigenvalue weighted by Crippen LogP contribution is -2.55. The van der Waals surface area contributed by atoms with E-state index < -0.39 is 0 Å². The van der Waals surface area contributed by atoms with Gasteiger partial charge < -0.3 is 15.4 Å². The van der Waals surface area contributed by atoms with E-state index >= 15 is 0 Å². The van der Waals surface area contributed by atoms with Crippen molar-refractivity contribution in [2.24, 2.45) is 5.73 Å². The number of carbonyl (C=O) groups is 1. The van der Waals surface area contributed by atoms with E-state index in [1.54, 1.807) is 0 Å². The molecule has 4 nitrogen and oxygen atoms in total. The summed E-state index contributed by atoms with van der Waals surface area (Å²) in [7, 11) is 0. The van der Waals surface area contributed by atoms with Crippen LogP contribution in [-0.4, -0.2) is 36.0 Å². The summed E-state index contributed by atoms with van der Waals surface area (Å²) >= 11 is 0. The molecule has 0 radical (unpaired) electrons. The molecule has 1 saturated heterocycles. The summed E-state index contributed by atoms with van der Waals surface area (Å²) in [4.78, 5) is 13.8. The van der Waals surface area contributed by atoms with Crippen molar-refractivity contribution >= 4 is 5.91 Å². The summed E-state index contributed by atoms with van der Waals surface area (Å²) < 4.78 is 5.88. The first kappa shape index (κ1) is 13.1. The molecule has 0 aromatic heterocycles. The summed E-state index contributed by atoms with van der Waals surface area (Å²) in [6.45, 7) is 4.61. The lowest BCUT2D eigenvalue weighted by atomic mass is 9.98. The molecule has 4 heteroatoms. The van der Waals surface area contributed by atoms with Crippen LogP contribution in [0.3, 0.4) is 0 Å². The van der Waals surface area contributed by atoms with Crippen molar-refractivity contribution in [3.63, 3.8) is 0 Å². The predicted octanol–water partition coefficient (Wildman–Crippen LogP) is 1.32. The highest BCUT2D eigenvalue weighted by molar-refractivity contribution is 5.78. The Hall–Kier alpha value is -1.39. The van der Waals surface area contributed by atoms with Gasteiger partial charge in [0.2, 0.25) is 5.91 Å². The van der Waals surface area contributed by atoms with E-state index in [9.17, 15) is 4.79 Å². The van der Waals surface area contributed by atoms with E-state index in [0.29, 0.717) is 6.61 Å². The molecule has 18 heavy (non-hydrogen) atoms. The molecule has 2 N–H and O–H groups in total. The number of carbonyl (C=O) groups excluding carboxylic acids is 1.